The van der Waals surface area contributed by atoms with Gasteiger partial charge in [-0.05, 0) is 53.3 Å². The number of pyridine rings is 1. The second-order valence-corrected chi connectivity index (χ2v) is 5.90. The van der Waals surface area contributed by atoms with E-state index in [-0.39, 0.29) is 0 Å². The number of hydrogen-bond donors (Lipinski definition) is 1. The molecule has 2 aromatic rings. The SMILES string of the molecule is CN(Cc1ccsc1)c1nc2c(cc1CN)CCC2. The normalized spacial score (nSPS) is 13.6. The molecule has 1 aliphatic carbocycles. The van der Waals surface area contributed by atoms with Crippen LogP contribution in [0.4, 0.5) is 5.82 Å². The van der Waals surface area contributed by atoms with Gasteiger partial charge in [0.1, 0.15) is 5.82 Å². The molecule has 0 amide bonds. The molecule has 2 aromatic heterocycles. The maximum Gasteiger partial charge on any atom is 0.133 e. The molecule has 0 radical (unpaired) electrons. The highest BCUT2D eigenvalue weighted by atomic mass is 32.1. The summed E-state index contributed by atoms with van der Waals surface area (Å²) in [6, 6.07) is 4.42. The Morgan fingerprint density at radius 3 is 3.05 bits per heavy atom. The van der Waals surface area contributed by atoms with E-state index >= 15 is 0 Å². The summed E-state index contributed by atoms with van der Waals surface area (Å²) >= 11 is 1.74. The molecule has 19 heavy (non-hydrogen) atoms. The van der Waals surface area contributed by atoms with Crippen LogP contribution >= 0.6 is 11.3 Å². The summed E-state index contributed by atoms with van der Waals surface area (Å²) in [4.78, 5) is 7.07. The highest BCUT2D eigenvalue weighted by molar-refractivity contribution is 7.07. The smallest absolute Gasteiger partial charge is 0.133 e. The van der Waals surface area contributed by atoms with Gasteiger partial charge in [-0.15, -0.1) is 0 Å². The van der Waals surface area contributed by atoms with Crippen molar-refractivity contribution in [2.75, 3.05) is 11.9 Å². The molecule has 100 valence electrons. The molecule has 0 bridgehead atoms. The monoisotopic (exact) mass is 273 g/mol. The zero-order valence-corrected chi connectivity index (χ0v) is 12.0. The van der Waals surface area contributed by atoms with Crippen LogP contribution in [0.2, 0.25) is 0 Å². The van der Waals surface area contributed by atoms with Gasteiger partial charge in [0, 0.05) is 31.4 Å². The minimum atomic E-state index is 0.559. The zero-order chi connectivity index (χ0) is 13.2. The summed E-state index contributed by atoms with van der Waals surface area (Å²) in [5.74, 6) is 1.05. The van der Waals surface area contributed by atoms with Crippen molar-refractivity contribution in [3.05, 3.63) is 45.3 Å². The van der Waals surface area contributed by atoms with Crippen LogP contribution < -0.4 is 10.6 Å². The van der Waals surface area contributed by atoms with Gasteiger partial charge in [-0.25, -0.2) is 4.98 Å². The Hall–Kier alpha value is -1.39. The van der Waals surface area contributed by atoms with Crippen LogP contribution in [0.1, 0.15) is 28.8 Å². The lowest BCUT2D eigenvalue weighted by Crippen LogP contribution is -2.21. The predicted molar refractivity (Wildman–Crippen MR) is 80.6 cm³/mol. The Labute approximate surface area is 118 Å². The molecular formula is C15H19N3S. The van der Waals surface area contributed by atoms with E-state index in [1.165, 1.54) is 28.8 Å². The van der Waals surface area contributed by atoms with Crippen molar-refractivity contribution in [1.82, 2.24) is 4.98 Å². The lowest BCUT2D eigenvalue weighted by atomic mass is 10.1. The van der Waals surface area contributed by atoms with Crippen molar-refractivity contribution >= 4 is 17.2 Å². The number of hydrogen-bond acceptors (Lipinski definition) is 4. The number of aromatic nitrogens is 1. The van der Waals surface area contributed by atoms with E-state index in [0.717, 1.165) is 25.2 Å². The molecule has 0 saturated heterocycles. The van der Waals surface area contributed by atoms with Gasteiger partial charge in [0.25, 0.3) is 0 Å². The van der Waals surface area contributed by atoms with Crippen LogP contribution in [-0.4, -0.2) is 12.0 Å². The fraction of sp³-hybridized carbons (Fsp3) is 0.400. The molecule has 0 spiro atoms. The third kappa shape index (κ3) is 2.51. The number of thiophene rings is 1. The summed E-state index contributed by atoms with van der Waals surface area (Å²) in [5, 5.41) is 4.30. The second kappa shape index (κ2) is 5.31. The Morgan fingerprint density at radius 2 is 2.32 bits per heavy atom. The van der Waals surface area contributed by atoms with E-state index in [2.05, 4.69) is 34.8 Å². The molecule has 1 aliphatic rings. The van der Waals surface area contributed by atoms with Gasteiger partial charge < -0.3 is 10.6 Å². The number of nitrogens with zero attached hydrogens (tertiary/aromatic N) is 2. The van der Waals surface area contributed by atoms with Crippen molar-refractivity contribution in [2.24, 2.45) is 5.73 Å². The number of rotatable bonds is 4. The number of nitrogens with two attached hydrogens (primary N) is 1. The van der Waals surface area contributed by atoms with Crippen LogP contribution in [0.3, 0.4) is 0 Å². The lowest BCUT2D eigenvalue weighted by molar-refractivity contribution is 0.861. The fourth-order valence-electron chi connectivity index (χ4n) is 2.72. The molecule has 0 aromatic carbocycles. The molecule has 0 saturated carbocycles. The molecule has 3 rings (SSSR count). The molecular weight excluding hydrogens is 254 g/mol. The van der Waals surface area contributed by atoms with Crippen LogP contribution in [0.5, 0.6) is 0 Å². The quantitative estimate of drug-likeness (QED) is 0.931. The summed E-state index contributed by atoms with van der Waals surface area (Å²) in [6.07, 6.45) is 3.49. The average molecular weight is 273 g/mol. The maximum atomic E-state index is 5.89. The third-order valence-electron chi connectivity index (χ3n) is 3.69. The molecule has 0 atom stereocenters. The Morgan fingerprint density at radius 1 is 1.42 bits per heavy atom. The van der Waals surface area contributed by atoms with Crippen LogP contribution in [0.25, 0.3) is 0 Å². The van der Waals surface area contributed by atoms with Gasteiger partial charge in [0.2, 0.25) is 0 Å². The van der Waals surface area contributed by atoms with Gasteiger partial charge in [0.05, 0.1) is 0 Å². The van der Waals surface area contributed by atoms with Gasteiger partial charge in [-0.1, -0.05) is 0 Å². The molecule has 3 nitrogen and oxygen atoms in total. The molecule has 4 heteroatoms. The number of anilines is 1. The first-order chi connectivity index (χ1) is 9.28. The summed E-state index contributed by atoms with van der Waals surface area (Å²) in [6.45, 7) is 1.45. The van der Waals surface area contributed by atoms with Crippen molar-refractivity contribution < 1.29 is 0 Å². The van der Waals surface area contributed by atoms with Crippen molar-refractivity contribution in [2.45, 2.75) is 32.4 Å². The summed E-state index contributed by atoms with van der Waals surface area (Å²) < 4.78 is 0. The Kier molecular flexibility index (Phi) is 3.53. The largest absolute Gasteiger partial charge is 0.355 e. The van der Waals surface area contributed by atoms with Crippen molar-refractivity contribution in [1.29, 1.82) is 0 Å². The van der Waals surface area contributed by atoms with E-state index in [9.17, 15) is 0 Å². The van der Waals surface area contributed by atoms with Gasteiger partial charge in [-0.3, -0.25) is 0 Å². The van der Waals surface area contributed by atoms with E-state index in [0.29, 0.717) is 6.54 Å². The van der Waals surface area contributed by atoms with E-state index < -0.39 is 0 Å². The first-order valence-corrected chi connectivity index (χ1v) is 7.66. The Balaban J connectivity index is 1.90. The Bertz CT molecular complexity index is 563. The third-order valence-corrected chi connectivity index (χ3v) is 4.42. The van der Waals surface area contributed by atoms with Crippen LogP contribution in [0.15, 0.2) is 22.9 Å². The predicted octanol–water partition coefficient (Wildman–Crippen LogP) is 2.73. The molecule has 0 fully saturated rings. The second-order valence-electron chi connectivity index (χ2n) is 5.12. The van der Waals surface area contributed by atoms with Gasteiger partial charge >= 0.3 is 0 Å². The van der Waals surface area contributed by atoms with Gasteiger partial charge in [-0.2, -0.15) is 11.3 Å². The molecule has 0 aliphatic heterocycles. The van der Waals surface area contributed by atoms with Crippen molar-refractivity contribution in [3.63, 3.8) is 0 Å². The van der Waals surface area contributed by atoms with Crippen LogP contribution in [-0.2, 0) is 25.9 Å². The number of aryl methyl sites for hydroxylation is 2. The highest BCUT2D eigenvalue weighted by Gasteiger charge is 2.17. The minimum Gasteiger partial charge on any atom is -0.355 e. The van der Waals surface area contributed by atoms with E-state index in [1.54, 1.807) is 11.3 Å². The first kappa shape index (κ1) is 12.6. The summed E-state index contributed by atoms with van der Waals surface area (Å²) in [7, 11) is 2.10. The first-order valence-electron chi connectivity index (χ1n) is 6.72. The van der Waals surface area contributed by atoms with Gasteiger partial charge in [0.15, 0.2) is 0 Å². The maximum absolute atomic E-state index is 5.89. The molecule has 0 unspecified atom stereocenters. The fourth-order valence-corrected chi connectivity index (χ4v) is 3.38. The van der Waals surface area contributed by atoms with Crippen molar-refractivity contribution in [3.8, 4) is 0 Å². The minimum absolute atomic E-state index is 0.559. The molecule has 2 N–H and O–H groups in total. The van der Waals surface area contributed by atoms with E-state index in [4.69, 9.17) is 10.7 Å². The summed E-state index contributed by atoms with van der Waals surface area (Å²) in [5.41, 5.74) is 11.1. The van der Waals surface area contributed by atoms with E-state index in [1.807, 2.05) is 0 Å². The highest BCUT2D eigenvalue weighted by Crippen LogP contribution is 2.27. The zero-order valence-electron chi connectivity index (χ0n) is 11.2. The lowest BCUT2D eigenvalue weighted by Gasteiger charge is -2.21. The molecule has 2 heterocycles. The topological polar surface area (TPSA) is 42.2 Å². The standard InChI is InChI=1S/C15H19N3S/c1-18(9-11-5-6-19-10-11)15-13(8-16)7-12-3-2-4-14(12)17-15/h5-7,10H,2-4,8-9,16H2,1H3. The van der Waals surface area contributed by atoms with Crippen LogP contribution in [0, 0.1) is 0 Å². The number of fused-ring (bicyclic) bond motifs is 1. The average Bonchev–Trinajstić information content (AvgIpc) is 3.07.